The van der Waals surface area contributed by atoms with E-state index in [1.807, 2.05) is 19.0 Å². The van der Waals surface area contributed by atoms with Crippen LogP contribution in [-0.4, -0.2) is 75.8 Å². The highest BCUT2D eigenvalue weighted by molar-refractivity contribution is 5.71. The van der Waals surface area contributed by atoms with Crippen LogP contribution in [0.25, 0.3) is 0 Å². The van der Waals surface area contributed by atoms with Crippen molar-refractivity contribution in [1.82, 2.24) is 4.90 Å². The summed E-state index contributed by atoms with van der Waals surface area (Å²) in [6, 6.07) is 0. The Morgan fingerprint density at radius 1 is 0.311 bits per heavy atom. The molecule has 0 atom stereocenters. The van der Waals surface area contributed by atoms with Gasteiger partial charge in [0.2, 0.25) is 0 Å². The molecule has 0 aliphatic rings. The fourth-order valence-electron chi connectivity index (χ4n) is 8.25. The molecule has 0 aromatic carbocycles. The summed E-state index contributed by atoms with van der Waals surface area (Å²) in [5.41, 5.74) is -1.24. The van der Waals surface area contributed by atoms with Gasteiger partial charge in [-0.05, 0) is 143 Å². The minimum absolute atomic E-state index is 0.203. The number of rotatable bonds is 54. The van der Waals surface area contributed by atoms with Crippen LogP contribution in [0.2, 0.25) is 0 Å². The third-order valence-corrected chi connectivity index (χ3v) is 13.1. The lowest BCUT2D eigenvalue weighted by atomic mass is 9.92. The van der Waals surface area contributed by atoms with Crippen molar-refractivity contribution in [2.75, 3.05) is 47.1 Å². The first-order valence-corrected chi connectivity index (χ1v) is 30.3. The molecule has 0 amide bonds. The van der Waals surface area contributed by atoms with E-state index in [2.05, 4.69) is 93.7 Å². The molecule has 0 bridgehead atoms. The van der Waals surface area contributed by atoms with E-state index in [-0.39, 0.29) is 70.0 Å². The minimum Gasteiger partial charge on any atom is -0.465 e. The van der Waals surface area contributed by atoms with E-state index in [1.165, 1.54) is 77.0 Å². The number of carbonyl (C=O) groups excluding carboxylic acids is 4. The van der Waals surface area contributed by atoms with Crippen molar-refractivity contribution in [2.24, 2.45) is 5.41 Å². The Kier molecular flexibility index (Phi) is 52.7. The number of allylic oxidation sites excluding steroid dienone is 12. The molecule has 0 aromatic heterocycles. The van der Waals surface area contributed by atoms with Crippen LogP contribution in [0.3, 0.4) is 0 Å². The Morgan fingerprint density at radius 3 is 0.797 bits per heavy atom. The second kappa shape index (κ2) is 55.5. The van der Waals surface area contributed by atoms with Gasteiger partial charge in [0.25, 0.3) is 0 Å². The summed E-state index contributed by atoms with van der Waals surface area (Å²) in [5, 5.41) is 0. The highest BCUT2D eigenvalue weighted by Gasteiger charge is 2.38. The van der Waals surface area contributed by atoms with Crippen LogP contribution in [0.4, 0.5) is 0 Å². The topological polar surface area (TPSA) is 108 Å². The predicted molar refractivity (Wildman–Crippen MR) is 312 cm³/mol. The summed E-state index contributed by atoms with van der Waals surface area (Å²) >= 11 is 0. The average Bonchev–Trinajstić information content (AvgIpc) is 3.39. The first-order valence-electron chi connectivity index (χ1n) is 30.3. The van der Waals surface area contributed by atoms with E-state index in [1.54, 1.807) is 0 Å². The zero-order valence-electron chi connectivity index (χ0n) is 48.5. The number of ether oxygens (including phenoxy) is 4. The predicted octanol–water partition coefficient (Wildman–Crippen LogP) is 17.9. The van der Waals surface area contributed by atoms with E-state index in [4.69, 9.17) is 18.9 Å². The maximum Gasteiger partial charge on any atom is 0.305 e. The quantitative estimate of drug-likeness (QED) is 0.0255. The van der Waals surface area contributed by atoms with Gasteiger partial charge in [0.15, 0.2) is 0 Å². The molecule has 426 valence electrons. The zero-order valence-corrected chi connectivity index (χ0v) is 48.5. The van der Waals surface area contributed by atoms with Gasteiger partial charge in [0.05, 0.1) is 0 Å². The Hall–Kier alpha value is -3.72. The number of nitrogens with zero attached hydrogens (tertiary/aromatic N) is 1. The minimum atomic E-state index is -1.24. The number of hydrogen-bond donors (Lipinski definition) is 0. The standard InChI is InChI=1S/C65H113NO8/c1-6-9-12-15-18-21-24-27-30-33-36-39-42-45-48-52-61(67)71-57-65(60-74-64(70)55-51-56-66(4)5,58-72-62(68)53-49-46-43-40-37-34-31-28-25-22-19-16-13-10-7-2)59-73-63(69)54-50-47-44-41-38-35-32-29-26-23-20-17-14-11-8-3/h18-23,27-32H,6-17,24-26,33-60H2,1-5H3/b21-18-,22-19-,23-20-,30-27-,31-28-,32-29-. The molecule has 0 aliphatic heterocycles. The summed E-state index contributed by atoms with van der Waals surface area (Å²) in [4.78, 5) is 54.6. The van der Waals surface area contributed by atoms with Crippen LogP contribution >= 0.6 is 0 Å². The van der Waals surface area contributed by atoms with Crippen molar-refractivity contribution < 1.29 is 38.1 Å². The lowest BCUT2D eigenvalue weighted by Gasteiger charge is -2.31. The Balaban J connectivity index is 5.35. The van der Waals surface area contributed by atoms with Crippen LogP contribution < -0.4 is 0 Å². The molecule has 0 fully saturated rings. The molecule has 0 N–H and O–H groups in total. The SMILES string of the molecule is CCCCC/C=C\C/C=C\CCCCCCCC(=O)OCC(COC(=O)CCCCCCC/C=C\C/C=C\CCCCC)(COC(=O)CCCCCCC/C=C\C/C=C\CCCCC)COC(=O)CCCN(C)C. The van der Waals surface area contributed by atoms with Gasteiger partial charge in [-0.25, -0.2) is 0 Å². The van der Waals surface area contributed by atoms with Crippen LogP contribution in [0.1, 0.15) is 265 Å². The Morgan fingerprint density at radius 2 is 0.541 bits per heavy atom. The molecular formula is C65H113NO8. The number of unbranched alkanes of at least 4 members (excludes halogenated alkanes) is 24. The molecule has 0 heterocycles. The zero-order chi connectivity index (χ0) is 54.1. The molecule has 74 heavy (non-hydrogen) atoms. The fraction of sp³-hybridized carbons (Fsp3) is 0.754. The Labute approximate surface area is 455 Å². The van der Waals surface area contributed by atoms with Gasteiger partial charge in [0.1, 0.15) is 31.8 Å². The van der Waals surface area contributed by atoms with E-state index >= 15 is 0 Å². The molecule has 0 unspecified atom stereocenters. The van der Waals surface area contributed by atoms with E-state index in [0.29, 0.717) is 25.7 Å². The van der Waals surface area contributed by atoms with Crippen molar-refractivity contribution in [1.29, 1.82) is 0 Å². The lowest BCUT2D eigenvalue weighted by molar-refractivity contribution is -0.170. The molecule has 9 heteroatoms. The second-order valence-electron chi connectivity index (χ2n) is 21.0. The molecule has 0 saturated heterocycles. The Bertz CT molecular complexity index is 1340. The monoisotopic (exact) mass is 1040 g/mol. The van der Waals surface area contributed by atoms with Gasteiger partial charge < -0.3 is 23.8 Å². The normalized spacial score (nSPS) is 12.3. The van der Waals surface area contributed by atoms with E-state index < -0.39 is 11.4 Å². The number of esters is 4. The third kappa shape index (κ3) is 51.8. The number of hydrogen-bond acceptors (Lipinski definition) is 9. The van der Waals surface area contributed by atoms with Crippen LogP contribution in [0, 0.1) is 5.41 Å². The van der Waals surface area contributed by atoms with Crippen LogP contribution in [-0.2, 0) is 38.1 Å². The van der Waals surface area contributed by atoms with Gasteiger partial charge in [-0.2, -0.15) is 0 Å². The maximum absolute atomic E-state index is 13.2. The van der Waals surface area contributed by atoms with Gasteiger partial charge in [-0.3, -0.25) is 19.2 Å². The van der Waals surface area contributed by atoms with Gasteiger partial charge in [0, 0.05) is 25.7 Å². The third-order valence-electron chi connectivity index (χ3n) is 13.1. The first kappa shape index (κ1) is 70.3. The summed E-state index contributed by atoms with van der Waals surface area (Å²) < 4.78 is 23.4. The summed E-state index contributed by atoms with van der Waals surface area (Å²) in [6.07, 6.45) is 64.6. The summed E-state index contributed by atoms with van der Waals surface area (Å²) in [6.45, 7) is 6.60. The molecule has 9 nitrogen and oxygen atoms in total. The van der Waals surface area contributed by atoms with Crippen LogP contribution in [0.15, 0.2) is 72.9 Å². The molecule has 0 aromatic rings. The average molecular weight is 1040 g/mol. The molecule has 0 radical (unpaired) electrons. The smallest absolute Gasteiger partial charge is 0.305 e. The van der Waals surface area contributed by atoms with Crippen molar-refractivity contribution >= 4 is 23.9 Å². The van der Waals surface area contributed by atoms with Crippen molar-refractivity contribution in [3.8, 4) is 0 Å². The van der Waals surface area contributed by atoms with E-state index in [9.17, 15) is 19.2 Å². The molecule has 0 saturated carbocycles. The van der Waals surface area contributed by atoms with Gasteiger partial charge >= 0.3 is 23.9 Å². The highest BCUT2D eigenvalue weighted by Crippen LogP contribution is 2.24. The van der Waals surface area contributed by atoms with Crippen LogP contribution in [0.5, 0.6) is 0 Å². The largest absolute Gasteiger partial charge is 0.465 e. The van der Waals surface area contributed by atoms with Gasteiger partial charge in [-0.15, -0.1) is 0 Å². The van der Waals surface area contributed by atoms with Crippen molar-refractivity contribution in [3.63, 3.8) is 0 Å². The number of carbonyl (C=O) groups is 4. The molecule has 0 rings (SSSR count). The van der Waals surface area contributed by atoms with Gasteiger partial charge in [-0.1, -0.05) is 190 Å². The summed E-state index contributed by atoms with van der Waals surface area (Å²) in [5.74, 6) is -1.51. The van der Waals surface area contributed by atoms with Crippen molar-refractivity contribution in [3.05, 3.63) is 72.9 Å². The molecule has 0 spiro atoms. The summed E-state index contributed by atoms with van der Waals surface area (Å²) in [7, 11) is 3.90. The fourth-order valence-corrected chi connectivity index (χ4v) is 8.25. The molecule has 0 aliphatic carbocycles. The molecular weight excluding hydrogens is 923 g/mol. The second-order valence-corrected chi connectivity index (χ2v) is 21.0. The lowest BCUT2D eigenvalue weighted by Crippen LogP contribution is -2.44. The first-order chi connectivity index (χ1) is 36.2. The van der Waals surface area contributed by atoms with Crippen molar-refractivity contribution in [2.45, 2.75) is 265 Å². The van der Waals surface area contributed by atoms with E-state index in [0.717, 1.165) is 122 Å². The maximum atomic E-state index is 13.2. The highest BCUT2D eigenvalue weighted by atomic mass is 16.6.